The van der Waals surface area contributed by atoms with Crippen molar-refractivity contribution in [2.75, 3.05) is 55.0 Å². The number of amides is 6. The van der Waals surface area contributed by atoms with Gasteiger partial charge in [0.15, 0.2) is 11.6 Å². The molecule has 1 aromatic rings. The van der Waals surface area contributed by atoms with Gasteiger partial charge in [-0.2, -0.15) is 0 Å². The van der Waals surface area contributed by atoms with Gasteiger partial charge in [-0.15, -0.1) is 0 Å². The molecule has 6 N–H and O–H groups in total. The van der Waals surface area contributed by atoms with Crippen molar-refractivity contribution >= 4 is 53.0 Å². The van der Waals surface area contributed by atoms with E-state index in [2.05, 4.69) is 26.0 Å². The number of hydrogen-bond acceptors (Lipinski definition) is 13. The molecule has 1 saturated heterocycles. The summed E-state index contributed by atoms with van der Waals surface area (Å²) in [5.74, 6) is -5.64. The van der Waals surface area contributed by atoms with Gasteiger partial charge < -0.3 is 46.1 Å². The van der Waals surface area contributed by atoms with E-state index >= 15 is 0 Å². The van der Waals surface area contributed by atoms with Crippen LogP contribution in [0.2, 0.25) is 0 Å². The number of carboxylic acids is 1. The third kappa shape index (κ3) is 22.2. The van der Waals surface area contributed by atoms with Crippen LogP contribution in [0.15, 0.2) is 29.4 Å². The number of aliphatic carboxylic acids is 1. The Bertz CT molecular complexity index is 2250. The van der Waals surface area contributed by atoms with Gasteiger partial charge in [-0.05, 0) is 86.5 Å². The number of primary amides is 1. The molecule has 6 amide bonds. The minimum Gasteiger partial charge on any atom is -0.481 e. The normalized spacial score (nSPS) is 17.3. The molecule has 1 aromatic carbocycles. The van der Waals surface area contributed by atoms with Gasteiger partial charge >= 0.3 is 12.0 Å². The van der Waals surface area contributed by atoms with Gasteiger partial charge in [-0.3, -0.25) is 43.3 Å². The van der Waals surface area contributed by atoms with E-state index < -0.39 is 72.0 Å². The summed E-state index contributed by atoms with van der Waals surface area (Å²) < 4.78 is 12.1. The summed E-state index contributed by atoms with van der Waals surface area (Å²) in [6.45, 7) is 17.7. The summed E-state index contributed by atoms with van der Waals surface area (Å²) in [6.07, 6.45) is 0.498. The minimum absolute atomic E-state index is 0.00901. The molecule has 450 valence electrons. The highest BCUT2D eigenvalue weighted by Gasteiger charge is 2.43. The maximum atomic E-state index is 14.5. The Morgan fingerprint density at radius 2 is 1.45 bits per heavy atom. The molecule has 1 fully saturated rings. The molecule has 22 nitrogen and oxygen atoms in total. The highest BCUT2D eigenvalue weighted by molar-refractivity contribution is 5.93. The number of carbonyl (C=O) groups excluding carboxylic acids is 8. The molecule has 0 aliphatic carbocycles. The van der Waals surface area contributed by atoms with E-state index in [9.17, 15) is 48.7 Å². The van der Waals surface area contributed by atoms with Crippen molar-refractivity contribution in [2.45, 2.75) is 182 Å². The minimum atomic E-state index is -1.12. The Morgan fingerprint density at radius 1 is 0.825 bits per heavy atom. The lowest BCUT2D eigenvalue weighted by Crippen LogP contribution is -2.54. The van der Waals surface area contributed by atoms with E-state index in [1.54, 1.807) is 61.9 Å². The molecule has 22 heteroatoms. The molecular formula is C58H96N10O12. The van der Waals surface area contributed by atoms with E-state index in [4.69, 9.17) is 20.3 Å². The monoisotopic (exact) mass is 1120 g/mol. The maximum absolute atomic E-state index is 14.5. The molecule has 0 spiro atoms. The molecule has 1 unspecified atom stereocenters. The number of rotatable bonds is 38. The quantitative estimate of drug-likeness (QED) is 0.0223. The molecule has 0 aromatic heterocycles. The molecule has 11 atom stereocenters. The second kappa shape index (κ2) is 35.0. The maximum Gasteiger partial charge on any atom is 0.312 e. The van der Waals surface area contributed by atoms with E-state index in [0.29, 0.717) is 37.8 Å². The largest absolute Gasteiger partial charge is 0.481 e. The average molecular weight is 1130 g/mol. The molecule has 80 heavy (non-hydrogen) atoms. The number of ketones is 3. The van der Waals surface area contributed by atoms with E-state index in [-0.39, 0.29) is 129 Å². The highest BCUT2D eigenvalue weighted by Crippen LogP contribution is 2.31. The molecule has 0 radical (unpaired) electrons. The zero-order valence-electron chi connectivity index (χ0n) is 50.2. The molecule has 1 heterocycles. The van der Waals surface area contributed by atoms with Gasteiger partial charge in [0.05, 0.1) is 55.1 Å². The third-order valence-electron chi connectivity index (χ3n) is 15.8. The number of nitrogens with one attached hydrogen (secondary N) is 3. The second-order valence-corrected chi connectivity index (χ2v) is 23.0. The first-order valence-corrected chi connectivity index (χ1v) is 28.4. The predicted molar refractivity (Wildman–Crippen MR) is 305 cm³/mol. The number of urea groups is 1. The fourth-order valence-corrected chi connectivity index (χ4v) is 11.1. The lowest BCUT2D eigenvalue weighted by Gasteiger charge is -2.41. The second-order valence-electron chi connectivity index (χ2n) is 23.0. The first-order chi connectivity index (χ1) is 37.6. The van der Waals surface area contributed by atoms with E-state index in [1.165, 1.54) is 14.2 Å². The first kappa shape index (κ1) is 70.1. The number of carbonyl (C=O) groups is 9. The number of methoxy groups -OCH3 is 2. The van der Waals surface area contributed by atoms with Crippen molar-refractivity contribution in [1.29, 1.82) is 0 Å². The Kier molecular flexibility index (Phi) is 30.7. The molecule has 0 bridgehead atoms. The summed E-state index contributed by atoms with van der Waals surface area (Å²) >= 11 is 0. The zero-order chi connectivity index (χ0) is 60.6. The fourth-order valence-electron chi connectivity index (χ4n) is 11.1. The number of azide groups is 1. The average Bonchev–Trinajstić information content (AvgIpc) is 3.88. The van der Waals surface area contributed by atoms with Gasteiger partial charge in [0.2, 0.25) is 23.6 Å². The van der Waals surface area contributed by atoms with Crippen molar-refractivity contribution in [3.05, 3.63) is 45.8 Å². The lowest BCUT2D eigenvalue weighted by atomic mass is 9.83. The number of nitrogens with two attached hydrogens (primary N) is 1. The zero-order valence-corrected chi connectivity index (χ0v) is 50.2. The van der Waals surface area contributed by atoms with E-state index in [0.717, 1.165) is 5.56 Å². The fraction of sp³-hybridized carbons (Fsp3) is 0.741. The Hall–Kier alpha value is -5.96. The number of benzene rings is 1. The summed E-state index contributed by atoms with van der Waals surface area (Å²) in [5, 5.41) is 21.1. The SMILES string of the molecule is CC[C@H](C)C([C@@H](CC(=O)N1CCC[C@H]1[C@H](OC)[C@@H](C)C(=O)N[C@H](CN=[N+]=[N-])Cc1ccc(CC(=O)[C@H](CCCNC(N)=O)NC(=O)[C@@H](CC(=O)CCC(=O)O)C(C)C)cc1)OC)N(C)C(=O)[C@@H](CC(=O)[C@H](C(C)C)N(C)C)C(C)C. The van der Waals surface area contributed by atoms with Crippen LogP contribution in [0.5, 0.6) is 0 Å². The standard InChI is InChI=1S/C58H96N10O12/c1-15-37(8)53(67(12)57(77)44(35(4)5)31-48(71)52(36(6)7)66(10)11)49(79-13)32-50(72)68-27-17-19-46(68)54(80-14)38(9)55(75)63-41(33-62-65-60)28-39-20-22-40(23-21-39)29-47(70)45(18-16-26-61-58(59)78)64-56(76)43(34(2)3)30-42(69)24-25-51(73)74/h20-23,34-38,41,43-46,49,52-54H,15-19,24-33H2,1-14H3,(H,63,75)(H,64,76)(H,73,74)(H3,59,61,78)/t37-,38+,41-,43-,44-,45-,46-,49+,52-,53?,54+/m0/s1. The third-order valence-corrected chi connectivity index (χ3v) is 15.8. The van der Waals surface area contributed by atoms with Gasteiger partial charge in [-0.25, -0.2) is 4.79 Å². The first-order valence-electron chi connectivity index (χ1n) is 28.4. The smallest absolute Gasteiger partial charge is 0.312 e. The molecule has 0 saturated carbocycles. The number of carboxylic acid groups (broad SMARTS) is 1. The molecule has 1 aliphatic heterocycles. The Morgan fingerprint density at radius 3 is 1.98 bits per heavy atom. The number of ether oxygens (including phenoxy) is 2. The van der Waals surface area contributed by atoms with E-state index in [1.807, 2.05) is 60.5 Å². The van der Waals surface area contributed by atoms with Crippen molar-refractivity contribution in [2.24, 2.45) is 52.3 Å². The van der Waals surface area contributed by atoms with Gasteiger partial charge in [0.1, 0.15) is 5.78 Å². The van der Waals surface area contributed by atoms with Crippen LogP contribution < -0.4 is 21.7 Å². The number of Topliss-reactive ketones (excluding diaryl/α,β-unsaturated/α-hetero) is 3. The van der Waals surface area contributed by atoms with Gasteiger partial charge in [-0.1, -0.05) is 98.1 Å². The van der Waals surface area contributed by atoms with Crippen molar-refractivity contribution < 1.29 is 57.7 Å². The number of nitrogens with zero attached hydrogens (tertiary/aromatic N) is 6. The van der Waals surface area contributed by atoms with Crippen LogP contribution in [0, 0.1) is 41.4 Å². The topological polar surface area (TPSA) is 313 Å². The van der Waals surface area contributed by atoms with Gasteiger partial charge in [0.25, 0.3) is 0 Å². The summed E-state index contributed by atoms with van der Waals surface area (Å²) in [5.41, 5.74) is 15.9. The predicted octanol–water partition coefficient (Wildman–Crippen LogP) is 5.90. The van der Waals surface area contributed by atoms with Crippen LogP contribution in [-0.2, 0) is 60.7 Å². The lowest BCUT2D eigenvalue weighted by molar-refractivity contribution is -0.149. The highest BCUT2D eigenvalue weighted by atomic mass is 16.5. The Balaban J connectivity index is 2.28. The summed E-state index contributed by atoms with van der Waals surface area (Å²) in [4.78, 5) is 127. The van der Waals surface area contributed by atoms with Crippen LogP contribution >= 0.6 is 0 Å². The summed E-state index contributed by atoms with van der Waals surface area (Å²) in [7, 11) is 8.53. The van der Waals surface area contributed by atoms with Crippen molar-refractivity contribution in [3.8, 4) is 0 Å². The van der Waals surface area contributed by atoms with Crippen LogP contribution in [0.3, 0.4) is 0 Å². The number of likely N-dealkylation sites (tertiary alicyclic amines) is 1. The van der Waals surface area contributed by atoms with Crippen LogP contribution in [0.1, 0.15) is 138 Å². The van der Waals surface area contributed by atoms with Crippen molar-refractivity contribution in [1.82, 2.24) is 30.7 Å². The number of likely N-dealkylation sites (N-methyl/N-ethyl adjacent to an activating group) is 2. The number of hydrogen-bond donors (Lipinski definition) is 5. The molecular weight excluding hydrogens is 1030 g/mol. The molecule has 2 rings (SSSR count). The van der Waals surface area contributed by atoms with Crippen LogP contribution in [0.4, 0.5) is 4.79 Å². The van der Waals surface area contributed by atoms with Crippen molar-refractivity contribution in [3.63, 3.8) is 0 Å². The van der Waals surface area contributed by atoms with Gasteiger partial charge in [0, 0.05) is 89.4 Å². The van der Waals surface area contributed by atoms with Crippen LogP contribution in [-0.4, -0.2) is 170 Å². The molecule has 1 aliphatic rings. The Labute approximate surface area is 474 Å². The summed E-state index contributed by atoms with van der Waals surface area (Å²) in [6, 6.07) is 3.42. The van der Waals surface area contributed by atoms with Crippen LogP contribution in [0.25, 0.3) is 10.4 Å².